The van der Waals surface area contributed by atoms with Crippen LogP contribution in [0.1, 0.15) is 36.0 Å². The van der Waals surface area contributed by atoms with E-state index < -0.39 is 10.9 Å². The van der Waals surface area contributed by atoms with Gasteiger partial charge in [-0.2, -0.15) is 0 Å². The molecule has 0 spiro atoms. The summed E-state index contributed by atoms with van der Waals surface area (Å²) in [5.41, 5.74) is -0.0215. The van der Waals surface area contributed by atoms with Gasteiger partial charge in [0.05, 0.1) is 17.6 Å². The predicted molar refractivity (Wildman–Crippen MR) is 95.1 cm³/mol. The number of nitro benzene ring substituents is 1. The minimum Gasteiger partial charge on any atom is -0.465 e. The normalized spacial score (nSPS) is 14.3. The first-order valence-electron chi connectivity index (χ1n) is 7.88. The molecule has 1 aliphatic rings. The van der Waals surface area contributed by atoms with Gasteiger partial charge >= 0.3 is 5.97 Å². The number of amides is 1. The maximum Gasteiger partial charge on any atom is 0.338 e. The number of benzene rings is 1. The lowest BCUT2D eigenvalue weighted by Gasteiger charge is -2.22. The van der Waals surface area contributed by atoms with E-state index in [1.807, 2.05) is 0 Å². The van der Waals surface area contributed by atoms with Crippen LogP contribution in [-0.4, -0.2) is 37.0 Å². The molecule has 138 valence electrons. The standard InChI is InChI=1S/C16H21N3O5.ClH/c1-24-16(21)12-8-13(10-14(9-12)19(22)23)18-15(20)3-2-11-4-6-17-7-5-11;/h8-11,17H,2-7H2,1H3,(H,18,20);1H. The summed E-state index contributed by atoms with van der Waals surface area (Å²) in [6.45, 7) is 1.94. The summed E-state index contributed by atoms with van der Waals surface area (Å²) in [6, 6.07) is 3.73. The number of halogens is 1. The lowest BCUT2D eigenvalue weighted by molar-refractivity contribution is -0.384. The maximum atomic E-state index is 12.1. The number of rotatable bonds is 6. The van der Waals surface area contributed by atoms with Crippen molar-refractivity contribution in [1.29, 1.82) is 0 Å². The van der Waals surface area contributed by atoms with Gasteiger partial charge in [0.25, 0.3) is 5.69 Å². The molecular formula is C16H22ClN3O5. The monoisotopic (exact) mass is 371 g/mol. The van der Waals surface area contributed by atoms with E-state index >= 15 is 0 Å². The van der Waals surface area contributed by atoms with Gasteiger partial charge in [0.15, 0.2) is 0 Å². The van der Waals surface area contributed by atoms with Gasteiger partial charge in [-0.05, 0) is 44.3 Å². The van der Waals surface area contributed by atoms with E-state index in [1.54, 1.807) is 0 Å². The lowest BCUT2D eigenvalue weighted by Crippen LogP contribution is -2.28. The second-order valence-electron chi connectivity index (χ2n) is 5.80. The Morgan fingerprint density at radius 1 is 1.32 bits per heavy atom. The molecule has 25 heavy (non-hydrogen) atoms. The number of nitrogens with zero attached hydrogens (tertiary/aromatic N) is 1. The quantitative estimate of drug-likeness (QED) is 0.451. The number of hydrogen-bond donors (Lipinski definition) is 2. The highest BCUT2D eigenvalue weighted by atomic mass is 35.5. The molecule has 0 saturated carbocycles. The molecule has 1 heterocycles. The zero-order chi connectivity index (χ0) is 17.5. The highest BCUT2D eigenvalue weighted by molar-refractivity contribution is 5.95. The number of carbonyl (C=O) groups is 2. The fourth-order valence-electron chi connectivity index (χ4n) is 2.75. The Kier molecular flexibility index (Phi) is 8.30. The summed E-state index contributed by atoms with van der Waals surface area (Å²) >= 11 is 0. The molecule has 2 N–H and O–H groups in total. The van der Waals surface area contributed by atoms with Gasteiger partial charge in [-0.1, -0.05) is 0 Å². The molecule has 0 aliphatic carbocycles. The highest BCUT2D eigenvalue weighted by Gasteiger charge is 2.17. The fraction of sp³-hybridized carbons (Fsp3) is 0.500. The van der Waals surface area contributed by atoms with Crippen LogP contribution < -0.4 is 10.6 Å². The number of nitro groups is 1. The van der Waals surface area contributed by atoms with Crippen molar-refractivity contribution < 1.29 is 19.2 Å². The van der Waals surface area contributed by atoms with E-state index in [4.69, 9.17) is 0 Å². The van der Waals surface area contributed by atoms with Crippen LogP contribution in [0.15, 0.2) is 18.2 Å². The van der Waals surface area contributed by atoms with Crippen LogP contribution >= 0.6 is 12.4 Å². The van der Waals surface area contributed by atoms with Crippen molar-refractivity contribution in [3.8, 4) is 0 Å². The number of anilines is 1. The molecule has 1 saturated heterocycles. The summed E-state index contributed by atoms with van der Waals surface area (Å²) in [7, 11) is 1.19. The summed E-state index contributed by atoms with van der Waals surface area (Å²) in [5.74, 6) is -0.388. The Labute approximate surface area is 151 Å². The largest absolute Gasteiger partial charge is 0.465 e. The second kappa shape index (κ2) is 9.95. The summed E-state index contributed by atoms with van der Waals surface area (Å²) in [6.07, 6.45) is 3.24. The van der Waals surface area contributed by atoms with Gasteiger partial charge in [-0.15, -0.1) is 12.4 Å². The molecule has 8 nitrogen and oxygen atoms in total. The van der Waals surface area contributed by atoms with Crippen LogP contribution in [0.3, 0.4) is 0 Å². The molecule has 1 aromatic rings. The third-order valence-electron chi connectivity index (χ3n) is 4.07. The molecular weight excluding hydrogens is 350 g/mol. The van der Waals surface area contributed by atoms with E-state index in [2.05, 4.69) is 15.4 Å². The molecule has 0 aromatic heterocycles. The SMILES string of the molecule is COC(=O)c1cc(NC(=O)CCC2CCNCC2)cc([N+](=O)[O-])c1.Cl. The lowest BCUT2D eigenvalue weighted by atomic mass is 9.93. The van der Waals surface area contributed by atoms with Crippen LogP contribution in [0.4, 0.5) is 11.4 Å². The van der Waals surface area contributed by atoms with Crippen LogP contribution in [-0.2, 0) is 9.53 Å². The van der Waals surface area contributed by atoms with Gasteiger partial charge < -0.3 is 15.4 Å². The second-order valence-corrected chi connectivity index (χ2v) is 5.80. The van der Waals surface area contributed by atoms with Crippen LogP contribution in [0, 0.1) is 16.0 Å². The van der Waals surface area contributed by atoms with Crippen LogP contribution in [0.5, 0.6) is 0 Å². The zero-order valence-corrected chi connectivity index (χ0v) is 14.8. The molecule has 0 bridgehead atoms. The van der Waals surface area contributed by atoms with Crippen molar-refractivity contribution in [1.82, 2.24) is 5.32 Å². The van der Waals surface area contributed by atoms with Crippen molar-refractivity contribution in [2.45, 2.75) is 25.7 Å². The molecule has 0 atom stereocenters. The van der Waals surface area contributed by atoms with Gasteiger partial charge in [-0.25, -0.2) is 4.79 Å². The first-order valence-corrected chi connectivity index (χ1v) is 7.88. The topological polar surface area (TPSA) is 111 Å². The van der Waals surface area contributed by atoms with Crippen molar-refractivity contribution in [3.63, 3.8) is 0 Å². The summed E-state index contributed by atoms with van der Waals surface area (Å²) < 4.78 is 4.58. The first-order chi connectivity index (χ1) is 11.5. The van der Waals surface area contributed by atoms with Crippen molar-refractivity contribution in [2.24, 2.45) is 5.92 Å². The predicted octanol–water partition coefficient (Wildman–Crippen LogP) is 2.52. The third kappa shape index (κ3) is 6.32. The average Bonchev–Trinajstić information content (AvgIpc) is 2.59. The van der Waals surface area contributed by atoms with E-state index in [0.29, 0.717) is 12.3 Å². The third-order valence-corrected chi connectivity index (χ3v) is 4.07. The van der Waals surface area contributed by atoms with Crippen LogP contribution in [0.25, 0.3) is 0 Å². The van der Waals surface area contributed by atoms with Gasteiger partial charge in [0, 0.05) is 24.2 Å². The number of esters is 1. The van der Waals surface area contributed by atoms with Gasteiger partial charge in [-0.3, -0.25) is 14.9 Å². The summed E-state index contributed by atoms with van der Waals surface area (Å²) in [4.78, 5) is 34.0. The smallest absolute Gasteiger partial charge is 0.338 e. The number of carbonyl (C=O) groups excluding carboxylic acids is 2. The molecule has 0 unspecified atom stereocenters. The van der Waals surface area contributed by atoms with E-state index in [1.165, 1.54) is 19.2 Å². The molecule has 1 aliphatic heterocycles. The Morgan fingerprint density at radius 2 is 2.00 bits per heavy atom. The summed E-state index contributed by atoms with van der Waals surface area (Å²) in [5, 5.41) is 16.9. The maximum absolute atomic E-state index is 12.1. The highest BCUT2D eigenvalue weighted by Crippen LogP contribution is 2.23. The molecule has 1 aromatic carbocycles. The molecule has 2 rings (SSSR count). The first kappa shape index (κ1) is 20.9. The molecule has 1 fully saturated rings. The number of piperidine rings is 1. The number of nitrogens with one attached hydrogen (secondary N) is 2. The molecule has 1 amide bonds. The van der Waals surface area contributed by atoms with E-state index in [9.17, 15) is 19.7 Å². The van der Waals surface area contributed by atoms with E-state index in [-0.39, 0.29) is 35.3 Å². The Balaban J connectivity index is 0.00000312. The van der Waals surface area contributed by atoms with Gasteiger partial charge in [0.2, 0.25) is 5.91 Å². The Bertz CT molecular complexity index is 632. The van der Waals surface area contributed by atoms with Crippen LogP contribution in [0.2, 0.25) is 0 Å². The minimum absolute atomic E-state index is 0. The van der Waals surface area contributed by atoms with Crippen molar-refractivity contribution in [2.75, 3.05) is 25.5 Å². The Hall–Kier alpha value is -2.19. The fourth-order valence-corrected chi connectivity index (χ4v) is 2.75. The minimum atomic E-state index is -0.691. The number of hydrogen-bond acceptors (Lipinski definition) is 6. The van der Waals surface area contributed by atoms with Crippen molar-refractivity contribution >= 4 is 35.7 Å². The number of ether oxygens (including phenoxy) is 1. The average molecular weight is 372 g/mol. The number of non-ortho nitro benzene ring substituents is 1. The molecule has 0 radical (unpaired) electrons. The Morgan fingerprint density at radius 3 is 2.60 bits per heavy atom. The number of methoxy groups -OCH3 is 1. The van der Waals surface area contributed by atoms with Crippen molar-refractivity contribution in [3.05, 3.63) is 33.9 Å². The molecule has 9 heteroatoms. The van der Waals surface area contributed by atoms with Gasteiger partial charge in [0.1, 0.15) is 0 Å². The van der Waals surface area contributed by atoms with E-state index in [0.717, 1.165) is 38.4 Å². The zero-order valence-electron chi connectivity index (χ0n) is 13.9.